The molecule has 2 unspecified atom stereocenters. The van der Waals surface area contributed by atoms with E-state index in [1.807, 2.05) is 0 Å². The normalized spacial score (nSPS) is 12.4. The average Bonchev–Trinajstić information content (AvgIpc) is 2.65. The lowest BCUT2D eigenvalue weighted by Gasteiger charge is -2.13. The molecule has 6 N–H and O–H groups in total. The molecule has 0 aliphatic carbocycles. The van der Waals surface area contributed by atoms with Gasteiger partial charge in [-0.1, -0.05) is 12.1 Å². The number of hydrogen-bond donors (Lipinski definition) is 5. The fourth-order valence-corrected chi connectivity index (χ4v) is 2.09. The van der Waals surface area contributed by atoms with E-state index in [1.165, 1.54) is 49.4 Å². The highest BCUT2D eigenvalue weighted by Gasteiger charge is 2.27. The highest BCUT2D eigenvalue weighted by atomic mass is 19.1. The van der Waals surface area contributed by atoms with Gasteiger partial charge in [-0.25, -0.2) is 19.5 Å². The van der Waals surface area contributed by atoms with Crippen molar-refractivity contribution >= 4 is 29.2 Å². The predicted octanol–water partition coefficient (Wildman–Crippen LogP) is 1.37. The van der Waals surface area contributed by atoms with Crippen molar-refractivity contribution in [2.45, 2.75) is 19.2 Å². The summed E-state index contributed by atoms with van der Waals surface area (Å²) in [5, 5.41) is 13.8. The van der Waals surface area contributed by atoms with Gasteiger partial charge in [-0.3, -0.25) is 4.79 Å². The summed E-state index contributed by atoms with van der Waals surface area (Å²) >= 11 is 0. The summed E-state index contributed by atoms with van der Waals surface area (Å²) in [4.78, 5) is 40.2. The molecule has 10 heteroatoms. The number of anilines is 2. The molecule has 2 amide bonds. The third kappa shape index (κ3) is 5.76. The second-order valence-electron chi connectivity index (χ2n) is 5.70. The Labute approximate surface area is 159 Å². The fourth-order valence-electron chi connectivity index (χ4n) is 2.09. The average molecular weight is 390 g/mol. The van der Waals surface area contributed by atoms with Gasteiger partial charge in [0, 0.05) is 5.69 Å². The molecule has 2 rings (SSSR count). The van der Waals surface area contributed by atoms with Crippen molar-refractivity contribution in [1.29, 1.82) is 0 Å². The molecule has 0 spiro atoms. The summed E-state index contributed by atoms with van der Waals surface area (Å²) in [6.07, 6.45) is -1.00. The molecule has 9 nitrogen and oxygen atoms in total. The molecule has 0 bridgehead atoms. The van der Waals surface area contributed by atoms with Crippen molar-refractivity contribution in [3.8, 4) is 0 Å². The van der Waals surface area contributed by atoms with E-state index < -0.39 is 35.9 Å². The summed E-state index contributed by atoms with van der Waals surface area (Å²) in [6, 6.07) is 8.83. The predicted molar refractivity (Wildman–Crippen MR) is 98.7 cm³/mol. The van der Waals surface area contributed by atoms with Crippen LogP contribution >= 0.6 is 0 Å². The van der Waals surface area contributed by atoms with E-state index in [0.29, 0.717) is 11.4 Å². The van der Waals surface area contributed by atoms with Crippen LogP contribution in [0.4, 0.5) is 20.6 Å². The van der Waals surface area contributed by atoms with Crippen LogP contribution in [0, 0.1) is 5.82 Å². The van der Waals surface area contributed by atoms with Crippen LogP contribution in [0.15, 0.2) is 48.5 Å². The van der Waals surface area contributed by atoms with Crippen LogP contribution in [0.2, 0.25) is 0 Å². The Balaban J connectivity index is 1.89. The summed E-state index contributed by atoms with van der Waals surface area (Å²) in [5.74, 6) is -2.79. The first kappa shape index (κ1) is 20.8. The lowest BCUT2D eigenvalue weighted by Crippen LogP contribution is -2.41. The Morgan fingerprint density at radius 3 is 2.29 bits per heavy atom. The van der Waals surface area contributed by atoms with Crippen molar-refractivity contribution in [2.24, 2.45) is 5.73 Å². The summed E-state index contributed by atoms with van der Waals surface area (Å²) in [5.41, 5.74) is 8.30. The van der Waals surface area contributed by atoms with Gasteiger partial charge in [0.1, 0.15) is 12.0 Å². The first-order valence-electron chi connectivity index (χ1n) is 8.14. The minimum Gasteiger partial charge on any atom is -0.374 e. The van der Waals surface area contributed by atoms with E-state index in [0.717, 1.165) is 6.07 Å². The number of nitrogens with two attached hydrogens (primary N) is 1. The summed E-state index contributed by atoms with van der Waals surface area (Å²) in [6.45, 7) is 1.39. The zero-order valence-corrected chi connectivity index (χ0v) is 14.8. The molecular formula is C18H19FN4O5. The number of hydrogen-bond acceptors (Lipinski definition) is 7. The topological polar surface area (TPSA) is 143 Å². The van der Waals surface area contributed by atoms with Crippen molar-refractivity contribution in [2.75, 3.05) is 10.8 Å². The number of rotatable bonds is 7. The minimum absolute atomic E-state index is 0.308. The molecule has 0 radical (unpaired) electrons. The van der Waals surface area contributed by atoms with Gasteiger partial charge in [0.15, 0.2) is 11.8 Å². The van der Waals surface area contributed by atoms with E-state index >= 15 is 0 Å². The molecule has 0 saturated heterocycles. The van der Waals surface area contributed by atoms with Gasteiger partial charge in [-0.05, 0) is 43.3 Å². The van der Waals surface area contributed by atoms with Crippen LogP contribution in [0.1, 0.15) is 17.3 Å². The number of amides is 2. The van der Waals surface area contributed by atoms with Crippen molar-refractivity contribution in [1.82, 2.24) is 5.32 Å². The van der Waals surface area contributed by atoms with Gasteiger partial charge in [-0.2, -0.15) is 0 Å². The number of ketones is 1. The number of halogens is 1. The largest absolute Gasteiger partial charge is 0.374 e. The summed E-state index contributed by atoms with van der Waals surface area (Å²) < 4.78 is 13.6. The van der Waals surface area contributed by atoms with Crippen LogP contribution in [-0.2, 0) is 9.63 Å². The maximum Gasteiger partial charge on any atom is 0.356 e. The molecule has 0 aliphatic heterocycles. The van der Waals surface area contributed by atoms with Crippen molar-refractivity contribution < 1.29 is 28.7 Å². The molecular weight excluding hydrogens is 371 g/mol. The molecule has 2 atom stereocenters. The molecule has 148 valence electrons. The molecule has 0 fully saturated rings. The second-order valence-corrected chi connectivity index (χ2v) is 5.70. The fraction of sp³-hybridized carbons (Fsp3) is 0.167. The van der Waals surface area contributed by atoms with Crippen LogP contribution in [0.25, 0.3) is 0 Å². The van der Waals surface area contributed by atoms with E-state index in [1.54, 1.807) is 0 Å². The standard InChI is InChI=1S/C18H19FN4O5/c1-10(24)21-18(27)22-11-6-8-12(9-7-11)23-28-17(26)15(20)16(25)13-4-2-3-5-14(13)19/h2-10,15,23-24H,20H2,1H3,(H2,21,22,27). The number of aliphatic hydroxyl groups is 1. The number of nitrogens with one attached hydrogen (secondary N) is 3. The Morgan fingerprint density at radius 1 is 1.07 bits per heavy atom. The number of carbonyl (C=O) groups excluding carboxylic acids is 3. The smallest absolute Gasteiger partial charge is 0.356 e. The number of Topliss-reactive ketones (excluding diaryl/α,β-unsaturated/α-hetero) is 1. The first-order chi connectivity index (χ1) is 13.3. The van der Waals surface area contributed by atoms with E-state index in [4.69, 9.17) is 15.7 Å². The SMILES string of the molecule is CC(O)NC(=O)Nc1ccc(NOC(=O)C(N)C(=O)c2ccccc2F)cc1. The molecule has 28 heavy (non-hydrogen) atoms. The van der Waals surface area contributed by atoms with Crippen LogP contribution in [0.3, 0.4) is 0 Å². The zero-order valence-electron chi connectivity index (χ0n) is 14.8. The number of urea groups is 1. The van der Waals surface area contributed by atoms with E-state index in [9.17, 15) is 18.8 Å². The van der Waals surface area contributed by atoms with Crippen LogP contribution < -0.4 is 21.8 Å². The molecule has 2 aromatic carbocycles. The Bertz CT molecular complexity index is 857. The third-order valence-electron chi connectivity index (χ3n) is 3.43. The summed E-state index contributed by atoms with van der Waals surface area (Å²) in [7, 11) is 0. The van der Waals surface area contributed by atoms with Gasteiger partial charge in [-0.15, -0.1) is 0 Å². The lowest BCUT2D eigenvalue weighted by atomic mass is 10.0. The van der Waals surface area contributed by atoms with E-state index in [2.05, 4.69) is 16.1 Å². The molecule has 0 heterocycles. The quantitative estimate of drug-likeness (QED) is 0.208. The molecule has 0 saturated carbocycles. The maximum absolute atomic E-state index is 13.6. The van der Waals surface area contributed by atoms with Gasteiger partial charge in [0.05, 0.1) is 11.3 Å². The molecule has 0 aromatic heterocycles. The van der Waals surface area contributed by atoms with Gasteiger partial charge in [0.25, 0.3) is 0 Å². The van der Waals surface area contributed by atoms with E-state index in [-0.39, 0.29) is 5.56 Å². The number of benzene rings is 2. The number of aliphatic hydroxyl groups excluding tert-OH is 1. The Morgan fingerprint density at radius 2 is 1.68 bits per heavy atom. The third-order valence-corrected chi connectivity index (χ3v) is 3.43. The lowest BCUT2D eigenvalue weighted by molar-refractivity contribution is -0.140. The van der Waals surface area contributed by atoms with Crippen LogP contribution in [0.5, 0.6) is 0 Å². The Hall–Kier alpha value is -3.50. The van der Waals surface area contributed by atoms with Gasteiger partial charge < -0.3 is 26.3 Å². The van der Waals surface area contributed by atoms with Crippen molar-refractivity contribution in [3.63, 3.8) is 0 Å². The Kier molecular flexibility index (Phi) is 7.02. The second kappa shape index (κ2) is 9.44. The first-order valence-corrected chi connectivity index (χ1v) is 8.14. The zero-order chi connectivity index (χ0) is 20.7. The molecule has 2 aromatic rings. The maximum atomic E-state index is 13.6. The van der Waals surface area contributed by atoms with Gasteiger partial charge >= 0.3 is 12.0 Å². The number of carbonyl (C=O) groups is 3. The monoisotopic (exact) mass is 390 g/mol. The molecule has 0 aliphatic rings. The van der Waals surface area contributed by atoms with Crippen LogP contribution in [-0.4, -0.2) is 35.2 Å². The highest BCUT2D eigenvalue weighted by Crippen LogP contribution is 2.14. The van der Waals surface area contributed by atoms with Crippen molar-refractivity contribution in [3.05, 3.63) is 59.9 Å². The minimum atomic E-state index is -1.70. The highest BCUT2D eigenvalue weighted by molar-refractivity contribution is 6.12. The van der Waals surface area contributed by atoms with Gasteiger partial charge in [0.2, 0.25) is 0 Å².